The largest absolute Gasteiger partial charge is 0.493 e. The fourth-order valence-corrected chi connectivity index (χ4v) is 4.93. The zero-order valence-corrected chi connectivity index (χ0v) is 20.4. The monoisotopic (exact) mass is 507 g/mol. The molecule has 33 heavy (non-hydrogen) atoms. The van der Waals surface area contributed by atoms with Crippen molar-refractivity contribution < 1.29 is 27.5 Å². The minimum atomic E-state index is -3.95. The number of thiocarbonyl (C=S) groups is 1. The zero-order valence-electron chi connectivity index (χ0n) is 17.9. The van der Waals surface area contributed by atoms with Gasteiger partial charge in [-0.1, -0.05) is 47.7 Å². The number of sulfonamides is 1. The minimum absolute atomic E-state index is 0.00290. The average Bonchev–Trinajstić information content (AvgIpc) is 3.05. The summed E-state index contributed by atoms with van der Waals surface area (Å²) in [6, 6.07) is 11.3. The molecule has 0 atom stereocenters. The second kappa shape index (κ2) is 10.3. The van der Waals surface area contributed by atoms with Crippen molar-refractivity contribution in [1.29, 1.82) is 0 Å². The van der Waals surface area contributed by atoms with Crippen molar-refractivity contribution in [2.24, 2.45) is 0 Å². The van der Waals surface area contributed by atoms with E-state index in [1.54, 1.807) is 36.4 Å². The van der Waals surface area contributed by atoms with Crippen LogP contribution < -0.4 is 19.7 Å². The van der Waals surface area contributed by atoms with Gasteiger partial charge in [-0.15, -0.1) is 4.83 Å². The van der Waals surface area contributed by atoms with E-state index in [1.807, 2.05) is 11.8 Å². The summed E-state index contributed by atoms with van der Waals surface area (Å²) in [7, 11) is -0.924. The molecule has 1 aliphatic heterocycles. The van der Waals surface area contributed by atoms with Gasteiger partial charge in [-0.05, 0) is 42.8 Å². The molecule has 0 aromatic heterocycles. The predicted octanol–water partition coefficient (Wildman–Crippen LogP) is 2.22. The molecule has 2 aromatic carbocycles. The number of aryl methyl sites for hydroxylation is 1. The molecular weight excluding hydrogens is 486 g/mol. The third-order valence-electron chi connectivity index (χ3n) is 4.54. The Kier molecular flexibility index (Phi) is 7.74. The second-order valence-corrected chi connectivity index (χ2v) is 10.2. The number of rotatable bonds is 8. The molecule has 9 nitrogen and oxygen atoms in total. The number of carbonyl (C=O) groups excluding carboxylic acids is 2. The van der Waals surface area contributed by atoms with Crippen molar-refractivity contribution in [2.45, 2.75) is 11.8 Å². The van der Waals surface area contributed by atoms with Crippen LogP contribution in [-0.4, -0.2) is 50.2 Å². The predicted molar refractivity (Wildman–Crippen MR) is 129 cm³/mol. The van der Waals surface area contributed by atoms with Crippen molar-refractivity contribution >= 4 is 56.2 Å². The smallest absolute Gasteiger partial charge is 0.266 e. The first-order valence-corrected chi connectivity index (χ1v) is 12.2. The van der Waals surface area contributed by atoms with Gasteiger partial charge in [0.1, 0.15) is 10.9 Å². The third-order valence-corrected chi connectivity index (χ3v) is 7.18. The standard InChI is InChI=1S/C21H21N3O6S3/c1-13-4-7-15(8-5-13)33(27,28)23-22-19(25)12-24-20(26)18(32-21(24)31)11-14-6-9-16(29-2)17(10-14)30-3/h4-11,23H,12H2,1-3H3,(H,22,25)/b18-11-. The third kappa shape index (κ3) is 5.90. The van der Waals surface area contributed by atoms with Gasteiger partial charge in [0, 0.05) is 0 Å². The van der Waals surface area contributed by atoms with Crippen LogP contribution in [0.3, 0.4) is 0 Å². The number of nitrogens with zero attached hydrogens (tertiary/aromatic N) is 1. The highest BCUT2D eigenvalue weighted by Crippen LogP contribution is 2.34. The second-order valence-electron chi connectivity index (χ2n) is 6.85. The van der Waals surface area contributed by atoms with Crippen LogP contribution in [0.25, 0.3) is 6.08 Å². The first-order valence-electron chi connectivity index (χ1n) is 9.49. The lowest BCUT2D eigenvalue weighted by Gasteiger charge is -2.14. The van der Waals surface area contributed by atoms with Crippen molar-refractivity contribution in [3.8, 4) is 11.5 Å². The van der Waals surface area contributed by atoms with E-state index in [1.165, 1.54) is 26.4 Å². The van der Waals surface area contributed by atoms with E-state index >= 15 is 0 Å². The summed E-state index contributed by atoms with van der Waals surface area (Å²) in [4.78, 5) is 28.5. The molecule has 174 valence electrons. The number of benzene rings is 2. The van der Waals surface area contributed by atoms with Gasteiger partial charge in [-0.25, -0.2) is 8.42 Å². The SMILES string of the molecule is COc1ccc(/C=C2\SC(=S)N(CC(=O)NNS(=O)(=O)c3ccc(C)cc3)C2=O)cc1OC. The molecule has 2 N–H and O–H groups in total. The summed E-state index contributed by atoms with van der Waals surface area (Å²) in [6.45, 7) is 1.39. The number of amides is 2. The van der Waals surface area contributed by atoms with Gasteiger partial charge in [0.15, 0.2) is 11.5 Å². The number of carbonyl (C=O) groups is 2. The first-order chi connectivity index (χ1) is 15.6. The van der Waals surface area contributed by atoms with Crippen LogP contribution in [0.4, 0.5) is 0 Å². The Morgan fingerprint density at radius 2 is 1.79 bits per heavy atom. The van der Waals surface area contributed by atoms with Gasteiger partial charge < -0.3 is 9.47 Å². The van der Waals surface area contributed by atoms with Crippen LogP contribution in [-0.2, 0) is 19.6 Å². The van der Waals surface area contributed by atoms with Gasteiger partial charge in [0.2, 0.25) is 0 Å². The lowest BCUT2D eigenvalue weighted by Crippen LogP contribution is -2.47. The molecule has 2 aromatic rings. The van der Waals surface area contributed by atoms with E-state index < -0.39 is 28.4 Å². The van der Waals surface area contributed by atoms with E-state index in [0.29, 0.717) is 22.0 Å². The van der Waals surface area contributed by atoms with Crippen molar-refractivity contribution in [1.82, 2.24) is 15.2 Å². The minimum Gasteiger partial charge on any atom is -0.493 e. The molecule has 0 spiro atoms. The fraction of sp³-hybridized carbons (Fsp3) is 0.190. The molecule has 12 heteroatoms. The van der Waals surface area contributed by atoms with Gasteiger partial charge in [0.25, 0.3) is 21.8 Å². The fourth-order valence-electron chi connectivity index (χ4n) is 2.81. The molecule has 1 fully saturated rings. The molecular formula is C21H21N3O6S3. The molecule has 0 saturated carbocycles. The molecule has 0 radical (unpaired) electrons. The number of hydrogen-bond acceptors (Lipinski definition) is 8. The lowest BCUT2D eigenvalue weighted by molar-refractivity contribution is -0.128. The van der Waals surface area contributed by atoms with E-state index in [4.69, 9.17) is 21.7 Å². The van der Waals surface area contributed by atoms with Gasteiger partial charge in [0.05, 0.1) is 24.0 Å². The van der Waals surface area contributed by atoms with E-state index in [9.17, 15) is 18.0 Å². The zero-order chi connectivity index (χ0) is 24.2. The van der Waals surface area contributed by atoms with Crippen LogP contribution in [0.2, 0.25) is 0 Å². The summed E-state index contributed by atoms with van der Waals surface area (Å²) < 4.78 is 35.3. The summed E-state index contributed by atoms with van der Waals surface area (Å²) >= 11 is 6.27. The lowest BCUT2D eigenvalue weighted by atomic mass is 10.2. The Morgan fingerprint density at radius 3 is 2.42 bits per heavy atom. The van der Waals surface area contributed by atoms with Crippen LogP contribution >= 0.6 is 24.0 Å². The normalized spacial score (nSPS) is 15.1. The molecule has 1 saturated heterocycles. The maximum Gasteiger partial charge on any atom is 0.266 e. The Morgan fingerprint density at radius 1 is 1.12 bits per heavy atom. The summed E-state index contributed by atoms with van der Waals surface area (Å²) in [5.74, 6) is -0.153. The average molecular weight is 508 g/mol. The summed E-state index contributed by atoms with van der Waals surface area (Å²) in [6.07, 6.45) is 1.62. The highest BCUT2D eigenvalue weighted by atomic mass is 32.2. The Hall–Kier alpha value is -2.93. The quantitative estimate of drug-likeness (QED) is 0.318. The van der Waals surface area contributed by atoms with E-state index in [2.05, 4.69) is 5.43 Å². The van der Waals surface area contributed by atoms with Crippen molar-refractivity contribution in [3.05, 3.63) is 58.5 Å². The first kappa shape index (κ1) is 24.7. The summed E-state index contributed by atoms with van der Waals surface area (Å²) in [5, 5.41) is 0. The maximum atomic E-state index is 12.8. The number of thioether (sulfide) groups is 1. The highest BCUT2D eigenvalue weighted by Gasteiger charge is 2.33. The molecule has 1 heterocycles. The van der Waals surface area contributed by atoms with E-state index in [0.717, 1.165) is 22.2 Å². The van der Waals surface area contributed by atoms with Crippen LogP contribution in [0.15, 0.2) is 52.3 Å². The highest BCUT2D eigenvalue weighted by molar-refractivity contribution is 8.26. The Labute approximate surface area is 201 Å². The maximum absolute atomic E-state index is 12.8. The Balaban J connectivity index is 1.65. The van der Waals surface area contributed by atoms with Gasteiger partial charge >= 0.3 is 0 Å². The number of hydrazine groups is 1. The van der Waals surface area contributed by atoms with Crippen molar-refractivity contribution in [3.63, 3.8) is 0 Å². The Bertz CT molecular complexity index is 1230. The molecule has 3 rings (SSSR count). The molecule has 0 bridgehead atoms. The topological polar surface area (TPSA) is 114 Å². The number of methoxy groups -OCH3 is 2. The van der Waals surface area contributed by atoms with Crippen LogP contribution in [0.1, 0.15) is 11.1 Å². The number of ether oxygens (including phenoxy) is 2. The van der Waals surface area contributed by atoms with Crippen LogP contribution in [0.5, 0.6) is 11.5 Å². The number of nitrogens with one attached hydrogen (secondary N) is 2. The van der Waals surface area contributed by atoms with Gasteiger partial charge in [-0.2, -0.15) is 0 Å². The van der Waals surface area contributed by atoms with Gasteiger partial charge in [-0.3, -0.25) is 19.9 Å². The molecule has 0 unspecified atom stereocenters. The summed E-state index contributed by atoms with van der Waals surface area (Å²) in [5.41, 5.74) is 3.69. The molecule has 2 amide bonds. The molecule has 0 aliphatic carbocycles. The van der Waals surface area contributed by atoms with Crippen molar-refractivity contribution in [2.75, 3.05) is 20.8 Å². The molecule has 1 aliphatic rings. The van der Waals surface area contributed by atoms with Crippen LogP contribution in [0, 0.1) is 6.92 Å². The van der Waals surface area contributed by atoms with E-state index in [-0.39, 0.29) is 9.22 Å². The number of hydrogen-bond donors (Lipinski definition) is 2.